The van der Waals surface area contributed by atoms with Crippen molar-refractivity contribution in [1.29, 1.82) is 0 Å². The van der Waals surface area contributed by atoms with Crippen LogP contribution >= 0.6 is 0 Å². The van der Waals surface area contributed by atoms with Gasteiger partial charge in [0.1, 0.15) is 0 Å². The summed E-state index contributed by atoms with van der Waals surface area (Å²) in [6.07, 6.45) is 5.58. The molecule has 1 aliphatic rings. The molecule has 0 spiro atoms. The number of ketones is 1. The van der Waals surface area contributed by atoms with Crippen molar-refractivity contribution < 1.29 is 4.79 Å². The number of carbonyl (C=O) groups is 1. The van der Waals surface area contributed by atoms with E-state index in [4.69, 9.17) is 0 Å². The van der Waals surface area contributed by atoms with Gasteiger partial charge in [0.25, 0.3) is 0 Å². The topological polar surface area (TPSA) is 17.1 Å². The summed E-state index contributed by atoms with van der Waals surface area (Å²) in [4.78, 5) is 12.3. The molecule has 1 heteroatoms. The zero-order valence-corrected chi connectivity index (χ0v) is 9.61. The molecule has 1 aromatic rings. The normalized spacial score (nSPS) is 21.5. The Kier molecular flexibility index (Phi) is 3.55. The maximum atomic E-state index is 12.3. The summed E-state index contributed by atoms with van der Waals surface area (Å²) in [5.41, 5.74) is 1.96. The highest BCUT2D eigenvalue weighted by Gasteiger charge is 2.23. The molecule has 0 N–H and O–H groups in total. The van der Waals surface area contributed by atoms with E-state index in [9.17, 15) is 4.79 Å². The van der Waals surface area contributed by atoms with Crippen molar-refractivity contribution in [3.8, 4) is 0 Å². The highest BCUT2D eigenvalue weighted by molar-refractivity contribution is 5.99. The van der Waals surface area contributed by atoms with Crippen molar-refractivity contribution >= 4 is 5.78 Å². The third kappa shape index (κ3) is 2.41. The Bertz CT molecular complexity index is 378. The number of hydrogen-bond acceptors (Lipinski definition) is 1. The second kappa shape index (κ2) is 5.11. The monoisotopic (exact) mass is 214 g/mol. The summed E-state index contributed by atoms with van der Waals surface area (Å²) < 4.78 is 0. The lowest BCUT2D eigenvalue weighted by molar-refractivity contribution is 0.0934. The third-order valence-electron chi connectivity index (χ3n) is 3.36. The van der Waals surface area contributed by atoms with Gasteiger partial charge in [0.15, 0.2) is 5.78 Å². The standard InChI is InChI=1S/C15H18O/c1-12-8-4-2-7-11-14(12)15(16)13-9-5-3-6-10-13/h3,5-6,9-10,14H,1-2,4,7-8,11H2/t14-/m0/s1. The van der Waals surface area contributed by atoms with Gasteiger partial charge in [-0.1, -0.05) is 55.3 Å². The molecule has 0 aromatic heterocycles. The SMILES string of the molecule is C=C1CCCCC[C@@H]1C(=O)c1ccccc1. The van der Waals surface area contributed by atoms with Crippen molar-refractivity contribution in [2.24, 2.45) is 5.92 Å². The summed E-state index contributed by atoms with van der Waals surface area (Å²) in [6.45, 7) is 4.08. The first-order chi connectivity index (χ1) is 7.79. The first-order valence-electron chi connectivity index (χ1n) is 6.06. The predicted molar refractivity (Wildman–Crippen MR) is 66.5 cm³/mol. The van der Waals surface area contributed by atoms with Gasteiger partial charge in [0.05, 0.1) is 0 Å². The number of rotatable bonds is 2. The van der Waals surface area contributed by atoms with Crippen LogP contribution in [0.15, 0.2) is 42.5 Å². The molecule has 84 valence electrons. The van der Waals surface area contributed by atoms with Gasteiger partial charge in [-0.15, -0.1) is 0 Å². The Morgan fingerprint density at radius 2 is 1.88 bits per heavy atom. The zero-order chi connectivity index (χ0) is 11.4. The van der Waals surface area contributed by atoms with Gasteiger partial charge >= 0.3 is 0 Å². The molecule has 0 saturated heterocycles. The molecule has 0 unspecified atom stereocenters. The fraction of sp³-hybridized carbons (Fsp3) is 0.400. The predicted octanol–water partition coefficient (Wildman–Crippen LogP) is 4.01. The van der Waals surface area contributed by atoms with Crippen molar-refractivity contribution in [2.75, 3.05) is 0 Å². The first kappa shape index (κ1) is 11.1. The Hall–Kier alpha value is -1.37. The van der Waals surface area contributed by atoms with Crippen LogP contribution < -0.4 is 0 Å². The molecule has 1 nitrogen and oxygen atoms in total. The van der Waals surface area contributed by atoms with E-state index in [1.165, 1.54) is 12.8 Å². The minimum Gasteiger partial charge on any atom is -0.294 e. The van der Waals surface area contributed by atoms with Gasteiger partial charge in [0.2, 0.25) is 0 Å². The second-order valence-corrected chi connectivity index (χ2v) is 4.54. The summed E-state index contributed by atoms with van der Waals surface area (Å²) >= 11 is 0. The number of Topliss-reactive ketones (excluding diaryl/α,β-unsaturated/α-hetero) is 1. The number of allylic oxidation sites excluding steroid dienone is 1. The molecule has 1 saturated carbocycles. The van der Waals surface area contributed by atoms with E-state index < -0.39 is 0 Å². The maximum Gasteiger partial charge on any atom is 0.169 e. The van der Waals surface area contributed by atoms with Crippen LogP contribution in [0.25, 0.3) is 0 Å². The van der Waals surface area contributed by atoms with E-state index in [1.54, 1.807) is 0 Å². The van der Waals surface area contributed by atoms with E-state index in [2.05, 4.69) is 6.58 Å². The van der Waals surface area contributed by atoms with Crippen molar-refractivity contribution in [1.82, 2.24) is 0 Å². The number of carbonyl (C=O) groups excluding carboxylic acids is 1. The molecule has 0 heterocycles. The smallest absolute Gasteiger partial charge is 0.169 e. The third-order valence-corrected chi connectivity index (χ3v) is 3.36. The van der Waals surface area contributed by atoms with E-state index in [0.29, 0.717) is 0 Å². The van der Waals surface area contributed by atoms with Gasteiger partial charge in [-0.3, -0.25) is 4.79 Å². The Labute approximate surface area is 97.2 Å². The van der Waals surface area contributed by atoms with E-state index in [1.807, 2.05) is 30.3 Å². The molecule has 16 heavy (non-hydrogen) atoms. The minimum absolute atomic E-state index is 0.0601. The van der Waals surface area contributed by atoms with Gasteiger partial charge in [0, 0.05) is 11.5 Å². The lowest BCUT2D eigenvalue weighted by Gasteiger charge is -2.15. The van der Waals surface area contributed by atoms with E-state index in [0.717, 1.165) is 30.4 Å². The van der Waals surface area contributed by atoms with Crippen molar-refractivity contribution in [3.63, 3.8) is 0 Å². The molecular formula is C15H18O. The zero-order valence-electron chi connectivity index (χ0n) is 9.61. The molecule has 0 amide bonds. The summed E-state index contributed by atoms with van der Waals surface area (Å²) in [5, 5.41) is 0. The van der Waals surface area contributed by atoms with Crippen LogP contribution in [0.1, 0.15) is 42.5 Å². The van der Waals surface area contributed by atoms with Crippen molar-refractivity contribution in [2.45, 2.75) is 32.1 Å². The highest BCUT2D eigenvalue weighted by Crippen LogP contribution is 2.29. The Balaban J connectivity index is 2.17. The summed E-state index contributed by atoms with van der Waals surface area (Å²) in [5.74, 6) is 0.317. The molecule has 0 aliphatic heterocycles. The quantitative estimate of drug-likeness (QED) is 0.413. The molecule has 0 radical (unpaired) electrons. The van der Waals surface area contributed by atoms with Crippen LogP contribution in [0.5, 0.6) is 0 Å². The minimum atomic E-state index is 0.0601. The van der Waals surface area contributed by atoms with Gasteiger partial charge in [-0.25, -0.2) is 0 Å². The summed E-state index contributed by atoms with van der Waals surface area (Å²) in [7, 11) is 0. The maximum absolute atomic E-state index is 12.3. The Morgan fingerprint density at radius 3 is 2.62 bits per heavy atom. The molecule has 1 aromatic carbocycles. The second-order valence-electron chi connectivity index (χ2n) is 4.54. The van der Waals surface area contributed by atoms with Gasteiger partial charge in [-0.2, -0.15) is 0 Å². The van der Waals surface area contributed by atoms with Gasteiger partial charge in [-0.05, 0) is 19.3 Å². The molecule has 1 fully saturated rings. The van der Waals surface area contributed by atoms with Crippen molar-refractivity contribution in [3.05, 3.63) is 48.0 Å². The number of benzene rings is 1. The van der Waals surface area contributed by atoms with Gasteiger partial charge < -0.3 is 0 Å². The highest BCUT2D eigenvalue weighted by atomic mass is 16.1. The van der Waals surface area contributed by atoms with E-state index >= 15 is 0 Å². The fourth-order valence-electron chi connectivity index (χ4n) is 2.38. The first-order valence-corrected chi connectivity index (χ1v) is 6.06. The summed E-state index contributed by atoms with van der Waals surface area (Å²) in [6, 6.07) is 9.60. The fourth-order valence-corrected chi connectivity index (χ4v) is 2.38. The van der Waals surface area contributed by atoms with Crippen LogP contribution in [0, 0.1) is 5.92 Å². The Morgan fingerprint density at radius 1 is 1.12 bits per heavy atom. The lowest BCUT2D eigenvalue weighted by atomic mass is 9.88. The van der Waals surface area contributed by atoms with Crippen LogP contribution in [-0.2, 0) is 0 Å². The van der Waals surface area contributed by atoms with Crippen LogP contribution in [0.4, 0.5) is 0 Å². The lowest BCUT2D eigenvalue weighted by Crippen LogP contribution is -2.15. The van der Waals surface area contributed by atoms with Crippen LogP contribution in [0.2, 0.25) is 0 Å². The number of hydrogen-bond donors (Lipinski definition) is 0. The molecule has 1 atom stereocenters. The average molecular weight is 214 g/mol. The van der Waals surface area contributed by atoms with Crippen LogP contribution in [-0.4, -0.2) is 5.78 Å². The molecule has 0 bridgehead atoms. The largest absolute Gasteiger partial charge is 0.294 e. The average Bonchev–Trinajstić information content (AvgIpc) is 2.54. The molecular weight excluding hydrogens is 196 g/mol. The van der Waals surface area contributed by atoms with E-state index in [-0.39, 0.29) is 11.7 Å². The van der Waals surface area contributed by atoms with Crippen LogP contribution in [0.3, 0.4) is 0 Å². The molecule has 2 rings (SSSR count). The molecule has 1 aliphatic carbocycles.